The molecule has 6 heteroatoms. The van der Waals surface area contributed by atoms with Gasteiger partial charge < -0.3 is 19.5 Å². The van der Waals surface area contributed by atoms with E-state index in [-0.39, 0.29) is 12.1 Å². The van der Waals surface area contributed by atoms with E-state index in [1.54, 1.807) is 0 Å². The molecule has 0 spiro atoms. The van der Waals surface area contributed by atoms with Crippen LogP contribution in [0, 0.1) is 27.7 Å². The van der Waals surface area contributed by atoms with E-state index in [0.29, 0.717) is 5.11 Å². The molecule has 1 saturated heterocycles. The molecule has 1 N–H and O–H groups in total. The molecule has 40 heavy (non-hydrogen) atoms. The average Bonchev–Trinajstić information content (AvgIpc) is 3.46. The van der Waals surface area contributed by atoms with Crippen LogP contribution in [0.2, 0.25) is 0 Å². The highest BCUT2D eigenvalue weighted by Crippen LogP contribution is 2.44. The van der Waals surface area contributed by atoms with Crippen molar-refractivity contribution in [2.75, 3.05) is 4.90 Å². The molecule has 0 bridgehead atoms. The molecule has 1 aliphatic rings. The number of aromatic nitrogens is 2. The Balaban J connectivity index is 1.44. The van der Waals surface area contributed by atoms with E-state index in [1.165, 1.54) is 33.8 Å². The van der Waals surface area contributed by atoms with E-state index in [4.69, 9.17) is 21.9 Å². The summed E-state index contributed by atoms with van der Waals surface area (Å²) in [6, 6.07) is 32.6. The van der Waals surface area contributed by atoms with E-state index in [9.17, 15) is 0 Å². The molecule has 0 saturated carbocycles. The smallest absolute Gasteiger partial charge is 0.174 e. The summed E-state index contributed by atoms with van der Waals surface area (Å²) in [5.74, 6) is 1.58. The fourth-order valence-electron chi connectivity index (χ4n) is 5.68. The Morgan fingerprint density at radius 3 is 2.25 bits per heavy atom. The van der Waals surface area contributed by atoms with Gasteiger partial charge >= 0.3 is 0 Å². The average molecular weight is 545 g/mol. The van der Waals surface area contributed by atoms with Gasteiger partial charge in [-0.3, -0.25) is 4.98 Å². The van der Waals surface area contributed by atoms with Gasteiger partial charge in [0.2, 0.25) is 0 Å². The van der Waals surface area contributed by atoms with Gasteiger partial charge in [0, 0.05) is 29.0 Å². The lowest BCUT2D eigenvalue weighted by atomic mass is 9.96. The molecule has 2 aromatic heterocycles. The first kappa shape index (κ1) is 25.8. The minimum absolute atomic E-state index is 0.0895. The molecule has 0 amide bonds. The molecule has 0 aliphatic carbocycles. The Kier molecular flexibility index (Phi) is 6.86. The van der Waals surface area contributed by atoms with Gasteiger partial charge in [0.15, 0.2) is 5.11 Å². The van der Waals surface area contributed by atoms with Crippen molar-refractivity contribution in [2.24, 2.45) is 0 Å². The fraction of sp³-hybridized carbons (Fsp3) is 0.176. The van der Waals surface area contributed by atoms with Crippen molar-refractivity contribution in [2.45, 2.75) is 39.8 Å². The van der Waals surface area contributed by atoms with E-state index in [0.717, 1.165) is 22.9 Å². The number of aryl methyl sites for hydroxylation is 2. The molecule has 200 valence electrons. The van der Waals surface area contributed by atoms with Crippen LogP contribution in [0.3, 0.4) is 0 Å². The van der Waals surface area contributed by atoms with E-state index in [2.05, 4.69) is 84.9 Å². The van der Waals surface area contributed by atoms with Crippen molar-refractivity contribution in [3.8, 4) is 17.2 Å². The van der Waals surface area contributed by atoms with Gasteiger partial charge in [-0.15, -0.1) is 0 Å². The maximum Gasteiger partial charge on any atom is 0.174 e. The van der Waals surface area contributed by atoms with Crippen LogP contribution in [-0.2, 0) is 0 Å². The first-order valence-electron chi connectivity index (χ1n) is 13.5. The number of ether oxygens (including phenoxy) is 1. The second kappa shape index (κ2) is 10.6. The Morgan fingerprint density at radius 1 is 0.800 bits per heavy atom. The first-order chi connectivity index (χ1) is 19.4. The number of para-hydroxylation sites is 1. The zero-order valence-electron chi connectivity index (χ0n) is 23.1. The molecule has 1 aliphatic heterocycles. The first-order valence-corrected chi connectivity index (χ1v) is 13.9. The van der Waals surface area contributed by atoms with Gasteiger partial charge in [0.25, 0.3) is 0 Å². The normalized spacial score (nSPS) is 16.7. The number of thiocarbonyl (C=S) groups is 1. The predicted octanol–water partition coefficient (Wildman–Crippen LogP) is 8.08. The van der Waals surface area contributed by atoms with Crippen LogP contribution in [0.4, 0.5) is 5.69 Å². The molecular formula is C34H32N4OS. The molecule has 5 nitrogen and oxygen atoms in total. The van der Waals surface area contributed by atoms with Gasteiger partial charge in [-0.05, 0) is 117 Å². The quantitative estimate of drug-likeness (QED) is 0.219. The Hall–Kier alpha value is -4.42. The zero-order valence-corrected chi connectivity index (χ0v) is 23.9. The van der Waals surface area contributed by atoms with Gasteiger partial charge in [-0.25, -0.2) is 0 Å². The number of anilines is 1. The molecule has 0 unspecified atom stereocenters. The number of hydrogen-bond acceptors (Lipinski definition) is 3. The van der Waals surface area contributed by atoms with Crippen LogP contribution in [0.5, 0.6) is 11.5 Å². The van der Waals surface area contributed by atoms with Crippen molar-refractivity contribution >= 4 is 23.0 Å². The highest BCUT2D eigenvalue weighted by Gasteiger charge is 2.42. The van der Waals surface area contributed by atoms with E-state index < -0.39 is 0 Å². The third-order valence-corrected chi connectivity index (χ3v) is 8.11. The summed E-state index contributed by atoms with van der Waals surface area (Å²) in [5, 5.41) is 4.27. The maximum absolute atomic E-state index is 6.05. The highest BCUT2D eigenvalue weighted by molar-refractivity contribution is 7.80. The van der Waals surface area contributed by atoms with Crippen LogP contribution in [0.15, 0.2) is 103 Å². The molecule has 6 rings (SSSR count). The SMILES string of the molecule is Cc1cccc(-n2c(C)cc([C@@H]3[C@H](c4ccccn4)NC(=S)N3c3ccc(Oc4ccccc4)cc3)c2C)c1C. The number of benzene rings is 3. The Bertz CT molecular complexity index is 1660. The minimum atomic E-state index is -0.110. The summed E-state index contributed by atoms with van der Waals surface area (Å²) >= 11 is 5.98. The van der Waals surface area contributed by atoms with Gasteiger partial charge in [0.05, 0.1) is 17.8 Å². The number of nitrogens with one attached hydrogen (secondary N) is 1. The molecular weight excluding hydrogens is 512 g/mol. The van der Waals surface area contributed by atoms with Crippen LogP contribution in [0.25, 0.3) is 5.69 Å². The predicted molar refractivity (Wildman–Crippen MR) is 166 cm³/mol. The standard InChI is InChI=1S/C34H32N4OS/c1-22-11-10-15-31(24(22)3)37-23(2)21-29(25(37)4)33-32(30-14-8-9-20-35-30)36-34(40)38(33)26-16-18-28(19-17-26)39-27-12-6-5-7-13-27/h5-21,32-33H,1-4H3,(H,36,40)/t32-,33+/m0/s1. The molecule has 5 aromatic rings. The summed E-state index contributed by atoms with van der Waals surface area (Å²) < 4.78 is 8.42. The van der Waals surface area contributed by atoms with Crippen molar-refractivity contribution in [3.05, 3.63) is 137 Å². The van der Waals surface area contributed by atoms with Crippen molar-refractivity contribution < 1.29 is 4.74 Å². The maximum atomic E-state index is 6.05. The second-order valence-electron chi connectivity index (χ2n) is 10.3. The van der Waals surface area contributed by atoms with Gasteiger partial charge in [-0.1, -0.05) is 36.4 Å². The van der Waals surface area contributed by atoms with Crippen molar-refractivity contribution in [1.82, 2.24) is 14.9 Å². The highest BCUT2D eigenvalue weighted by atomic mass is 32.1. The van der Waals surface area contributed by atoms with Crippen LogP contribution >= 0.6 is 12.2 Å². The topological polar surface area (TPSA) is 42.3 Å². The van der Waals surface area contributed by atoms with Crippen LogP contribution in [-0.4, -0.2) is 14.7 Å². The number of pyridine rings is 1. The molecule has 3 heterocycles. The lowest BCUT2D eigenvalue weighted by Crippen LogP contribution is -2.29. The zero-order chi connectivity index (χ0) is 27.8. The summed E-state index contributed by atoms with van der Waals surface area (Å²) in [4.78, 5) is 6.95. The van der Waals surface area contributed by atoms with Crippen LogP contribution in [0.1, 0.15) is 45.9 Å². The van der Waals surface area contributed by atoms with Crippen molar-refractivity contribution in [1.29, 1.82) is 0 Å². The Morgan fingerprint density at radius 2 is 1.52 bits per heavy atom. The lowest BCUT2D eigenvalue weighted by molar-refractivity contribution is 0.482. The van der Waals surface area contributed by atoms with Gasteiger partial charge in [0.1, 0.15) is 11.5 Å². The second-order valence-corrected chi connectivity index (χ2v) is 10.7. The Labute approximate surface area is 241 Å². The van der Waals surface area contributed by atoms with E-state index in [1.807, 2.05) is 60.8 Å². The largest absolute Gasteiger partial charge is 0.457 e. The summed E-state index contributed by atoms with van der Waals surface area (Å²) in [5.41, 5.74) is 9.31. The number of hydrogen-bond donors (Lipinski definition) is 1. The van der Waals surface area contributed by atoms with Gasteiger partial charge in [-0.2, -0.15) is 0 Å². The number of nitrogens with zero attached hydrogens (tertiary/aromatic N) is 3. The third kappa shape index (κ3) is 4.65. The molecule has 1 fully saturated rings. The fourth-order valence-corrected chi connectivity index (χ4v) is 6.03. The number of rotatable bonds is 6. The lowest BCUT2D eigenvalue weighted by Gasteiger charge is -2.28. The molecule has 2 atom stereocenters. The minimum Gasteiger partial charge on any atom is -0.457 e. The van der Waals surface area contributed by atoms with Crippen LogP contribution < -0.4 is 15.0 Å². The summed E-state index contributed by atoms with van der Waals surface area (Å²) in [7, 11) is 0. The monoisotopic (exact) mass is 544 g/mol. The molecule has 0 radical (unpaired) electrons. The summed E-state index contributed by atoms with van der Waals surface area (Å²) in [6.45, 7) is 8.74. The van der Waals surface area contributed by atoms with Crippen molar-refractivity contribution in [3.63, 3.8) is 0 Å². The third-order valence-electron chi connectivity index (χ3n) is 7.80. The molecule has 3 aromatic carbocycles. The summed E-state index contributed by atoms with van der Waals surface area (Å²) in [6.07, 6.45) is 1.84. The van der Waals surface area contributed by atoms with E-state index >= 15 is 0 Å².